The van der Waals surface area contributed by atoms with Gasteiger partial charge in [-0.2, -0.15) is 5.10 Å². The molecule has 1 aromatic heterocycles. The zero-order chi connectivity index (χ0) is 24.7. The summed E-state index contributed by atoms with van der Waals surface area (Å²) in [4.78, 5) is 39.1. The molecule has 10 heteroatoms. The first-order valence-electron chi connectivity index (χ1n) is 11.4. The zero-order valence-corrected chi connectivity index (χ0v) is 20.6. The Kier molecular flexibility index (Phi) is 8.55. The summed E-state index contributed by atoms with van der Waals surface area (Å²) < 4.78 is 6.51. The first-order chi connectivity index (χ1) is 16.1. The third-order valence-corrected chi connectivity index (χ3v) is 5.72. The highest BCUT2D eigenvalue weighted by Crippen LogP contribution is 2.27. The predicted octanol–water partition coefficient (Wildman–Crippen LogP) is 2.80. The van der Waals surface area contributed by atoms with Gasteiger partial charge in [0.1, 0.15) is 10.6 Å². The Bertz CT molecular complexity index is 1050. The average molecular weight is 490 g/mol. The Hall–Kier alpha value is -3.07. The van der Waals surface area contributed by atoms with Crippen molar-refractivity contribution in [3.05, 3.63) is 57.5 Å². The van der Waals surface area contributed by atoms with E-state index in [1.165, 1.54) is 4.68 Å². The van der Waals surface area contributed by atoms with E-state index in [0.717, 1.165) is 18.4 Å². The molecule has 2 heterocycles. The number of carbonyl (C=O) groups is 2. The molecule has 184 valence electrons. The van der Waals surface area contributed by atoms with Crippen molar-refractivity contribution in [1.29, 1.82) is 0 Å². The second-order valence-electron chi connectivity index (χ2n) is 9.30. The Morgan fingerprint density at radius 2 is 1.88 bits per heavy atom. The van der Waals surface area contributed by atoms with Gasteiger partial charge in [-0.3, -0.25) is 9.59 Å². The van der Waals surface area contributed by atoms with E-state index >= 15 is 0 Å². The highest BCUT2D eigenvalue weighted by molar-refractivity contribution is 6.33. The Morgan fingerprint density at radius 1 is 1.18 bits per heavy atom. The van der Waals surface area contributed by atoms with Crippen LogP contribution in [0.3, 0.4) is 0 Å². The Labute approximate surface area is 204 Å². The van der Waals surface area contributed by atoms with Crippen molar-refractivity contribution in [1.82, 2.24) is 20.4 Å². The highest BCUT2D eigenvalue weighted by atomic mass is 35.5. The maximum atomic E-state index is 12.8. The van der Waals surface area contributed by atoms with Crippen LogP contribution in [0.2, 0.25) is 5.02 Å². The molecule has 1 unspecified atom stereocenters. The molecule has 0 bridgehead atoms. The number of anilines is 1. The fourth-order valence-electron chi connectivity index (χ4n) is 3.76. The number of benzene rings is 1. The van der Waals surface area contributed by atoms with E-state index in [4.69, 9.17) is 16.3 Å². The predicted molar refractivity (Wildman–Crippen MR) is 131 cm³/mol. The number of aromatic nitrogens is 2. The minimum atomic E-state index is -0.572. The van der Waals surface area contributed by atoms with Crippen LogP contribution in [-0.4, -0.2) is 53.6 Å². The van der Waals surface area contributed by atoms with Crippen molar-refractivity contribution < 1.29 is 14.3 Å². The van der Waals surface area contributed by atoms with Gasteiger partial charge < -0.3 is 20.3 Å². The van der Waals surface area contributed by atoms with E-state index in [1.807, 2.05) is 35.2 Å². The molecule has 1 saturated heterocycles. The van der Waals surface area contributed by atoms with Crippen molar-refractivity contribution in [3.63, 3.8) is 0 Å². The molecule has 3 rings (SSSR count). The van der Waals surface area contributed by atoms with Crippen LogP contribution in [0.1, 0.15) is 39.2 Å². The number of halogens is 1. The molecule has 9 nitrogen and oxygen atoms in total. The van der Waals surface area contributed by atoms with Crippen LogP contribution in [0, 0.1) is 5.92 Å². The number of nitrogens with one attached hydrogen (secondary N) is 2. The first-order valence-corrected chi connectivity index (χ1v) is 11.8. The molecule has 2 amide bonds. The van der Waals surface area contributed by atoms with Crippen LogP contribution >= 0.6 is 11.6 Å². The number of piperidine rings is 1. The van der Waals surface area contributed by atoms with Gasteiger partial charge in [0.25, 0.3) is 5.56 Å². The van der Waals surface area contributed by atoms with Crippen LogP contribution in [0.5, 0.6) is 0 Å². The molecule has 0 aliphatic carbocycles. The van der Waals surface area contributed by atoms with Crippen LogP contribution in [0.4, 0.5) is 10.5 Å². The number of ether oxygens (including phenoxy) is 1. The zero-order valence-electron chi connectivity index (χ0n) is 19.8. The minimum absolute atomic E-state index is 0.0998. The van der Waals surface area contributed by atoms with Gasteiger partial charge in [-0.1, -0.05) is 41.9 Å². The summed E-state index contributed by atoms with van der Waals surface area (Å²) in [5, 5.41) is 9.89. The third kappa shape index (κ3) is 7.21. The summed E-state index contributed by atoms with van der Waals surface area (Å²) >= 11 is 6.44. The van der Waals surface area contributed by atoms with Crippen LogP contribution in [0.15, 0.2) is 41.3 Å². The quantitative estimate of drug-likeness (QED) is 0.579. The summed E-state index contributed by atoms with van der Waals surface area (Å²) in [5.41, 5.74) is 0.566. The van der Waals surface area contributed by atoms with Crippen molar-refractivity contribution in [3.8, 4) is 0 Å². The van der Waals surface area contributed by atoms with Gasteiger partial charge >= 0.3 is 6.09 Å². The summed E-state index contributed by atoms with van der Waals surface area (Å²) in [7, 11) is 0. The number of rotatable bonds is 7. The number of carbonyl (C=O) groups excluding carboxylic acids is 2. The van der Waals surface area contributed by atoms with Gasteiger partial charge in [0, 0.05) is 26.2 Å². The molecule has 34 heavy (non-hydrogen) atoms. The van der Waals surface area contributed by atoms with Crippen molar-refractivity contribution in [2.45, 2.75) is 45.8 Å². The van der Waals surface area contributed by atoms with Crippen LogP contribution in [0.25, 0.3) is 0 Å². The van der Waals surface area contributed by atoms with E-state index in [9.17, 15) is 14.4 Å². The van der Waals surface area contributed by atoms with Gasteiger partial charge in [-0.25, -0.2) is 9.48 Å². The number of hydrogen-bond acceptors (Lipinski definition) is 6. The number of hydrogen-bond donors (Lipinski definition) is 2. The molecule has 2 aromatic rings. The molecule has 0 radical (unpaired) electrons. The molecular formula is C24H32ClN5O4. The van der Waals surface area contributed by atoms with E-state index < -0.39 is 11.7 Å². The topological polar surface area (TPSA) is 106 Å². The second-order valence-corrected chi connectivity index (χ2v) is 9.68. The monoisotopic (exact) mass is 489 g/mol. The van der Waals surface area contributed by atoms with Crippen molar-refractivity contribution >= 4 is 29.3 Å². The van der Waals surface area contributed by atoms with Gasteiger partial charge in [-0.15, -0.1) is 0 Å². The van der Waals surface area contributed by atoms with Crippen molar-refractivity contribution in [2.75, 3.05) is 31.1 Å². The summed E-state index contributed by atoms with van der Waals surface area (Å²) in [5.74, 6) is -0.352. The molecule has 1 aliphatic heterocycles. The van der Waals surface area contributed by atoms with Gasteiger partial charge in [-0.05, 0) is 39.2 Å². The minimum Gasteiger partial charge on any atom is -0.444 e. The second kappa shape index (κ2) is 11.4. The van der Waals surface area contributed by atoms with Crippen molar-refractivity contribution in [2.24, 2.45) is 5.92 Å². The lowest BCUT2D eigenvalue weighted by Gasteiger charge is -2.33. The van der Waals surface area contributed by atoms with E-state index in [1.54, 1.807) is 27.0 Å². The Balaban J connectivity index is 1.55. The Morgan fingerprint density at radius 3 is 2.59 bits per heavy atom. The number of nitrogens with zero attached hydrogens (tertiary/aromatic N) is 3. The van der Waals surface area contributed by atoms with Crippen LogP contribution in [-0.2, 0) is 16.1 Å². The van der Waals surface area contributed by atoms with Gasteiger partial charge in [0.15, 0.2) is 0 Å². The summed E-state index contributed by atoms with van der Waals surface area (Å²) in [6.07, 6.45) is 2.60. The standard InChI is InChI=1S/C24H32ClN5O4/c1-24(2,3)34-23(33)27-12-11-26-21(31)18-10-7-13-29(16-18)19-14-28-30(22(32)20(19)25)15-17-8-5-4-6-9-17/h4-6,8-9,14,18H,7,10-13,15-16H2,1-3H3,(H,26,31)(H,27,33). The molecule has 1 atom stereocenters. The van der Waals surface area contributed by atoms with E-state index in [-0.39, 0.29) is 29.0 Å². The van der Waals surface area contributed by atoms with Crippen LogP contribution < -0.4 is 21.1 Å². The van der Waals surface area contributed by atoms with E-state index in [2.05, 4.69) is 15.7 Å². The summed E-state index contributed by atoms with van der Waals surface area (Å²) in [6.45, 7) is 7.40. The summed E-state index contributed by atoms with van der Waals surface area (Å²) in [6, 6.07) is 9.57. The fourth-order valence-corrected chi connectivity index (χ4v) is 4.03. The maximum Gasteiger partial charge on any atom is 0.407 e. The molecule has 0 spiro atoms. The molecule has 1 aromatic carbocycles. The van der Waals surface area contributed by atoms with Gasteiger partial charge in [0.05, 0.1) is 24.3 Å². The largest absolute Gasteiger partial charge is 0.444 e. The lowest BCUT2D eigenvalue weighted by Crippen LogP contribution is -2.45. The highest BCUT2D eigenvalue weighted by Gasteiger charge is 2.28. The fraction of sp³-hybridized carbons (Fsp3) is 0.500. The molecular weight excluding hydrogens is 458 g/mol. The molecule has 0 saturated carbocycles. The third-order valence-electron chi connectivity index (χ3n) is 5.37. The molecule has 1 aliphatic rings. The number of alkyl carbamates (subject to hydrolysis) is 1. The SMILES string of the molecule is CC(C)(C)OC(=O)NCCNC(=O)C1CCCN(c2cnn(Cc3ccccc3)c(=O)c2Cl)C1. The molecule has 1 fully saturated rings. The smallest absolute Gasteiger partial charge is 0.407 e. The average Bonchev–Trinajstić information content (AvgIpc) is 2.79. The maximum absolute atomic E-state index is 12.8. The van der Waals surface area contributed by atoms with Gasteiger partial charge in [0.2, 0.25) is 5.91 Å². The lowest BCUT2D eigenvalue weighted by molar-refractivity contribution is -0.125. The number of amides is 2. The molecule has 2 N–H and O–H groups in total. The normalized spacial score (nSPS) is 16.1. The lowest BCUT2D eigenvalue weighted by atomic mass is 9.97. The first kappa shape index (κ1) is 25.6. The van der Waals surface area contributed by atoms with E-state index in [0.29, 0.717) is 31.9 Å².